The lowest BCUT2D eigenvalue weighted by Crippen LogP contribution is -2.29. The van der Waals surface area contributed by atoms with E-state index in [1.807, 2.05) is 36.8 Å². The maximum atomic E-state index is 12.6. The number of hydrogen-bond donors (Lipinski definition) is 2. The van der Waals surface area contributed by atoms with Crippen LogP contribution in [-0.2, 0) is 19.1 Å². The normalized spacial score (nSPS) is 13.0. The van der Waals surface area contributed by atoms with E-state index in [9.17, 15) is 13.2 Å². The van der Waals surface area contributed by atoms with Gasteiger partial charge in [-0.05, 0) is 30.0 Å². The molecular formula is C18H20F3N2. The number of nitrogens with one attached hydrogen (secondary N) is 1. The molecule has 1 atom stereocenters. The van der Waals surface area contributed by atoms with Gasteiger partial charge in [0.15, 0.2) is 0 Å². The summed E-state index contributed by atoms with van der Waals surface area (Å²) in [5.74, 6) is 0. The number of benzene rings is 2. The van der Waals surface area contributed by atoms with Crippen LogP contribution in [0.3, 0.4) is 0 Å². The van der Waals surface area contributed by atoms with Crippen LogP contribution in [0.5, 0.6) is 0 Å². The van der Waals surface area contributed by atoms with E-state index >= 15 is 0 Å². The number of alkyl halides is 3. The molecule has 0 spiro atoms. The molecule has 3 N–H and O–H groups in total. The van der Waals surface area contributed by atoms with Gasteiger partial charge in [-0.25, -0.2) is 0 Å². The molecule has 0 amide bonds. The quantitative estimate of drug-likeness (QED) is 0.765. The first-order valence-electron chi connectivity index (χ1n) is 7.45. The Morgan fingerprint density at radius 2 is 1.70 bits per heavy atom. The molecule has 0 bridgehead atoms. The van der Waals surface area contributed by atoms with Crippen LogP contribution in [0.2, 0.25) is 0 Å². The van der Waals surface area contributed by atoms with Crippen LogP contribution in [0.15, 0.2) is 54.6 Å². The maximum Gasteiger partial charge on any atom is 0.416 e. The Balaban J connectivity index is 1.73. The van der Waals surface area contributed by atoms with Crippen LogP contribution in [0.4, 0.5) is 13.2 Å². The van der Waals surface area contributed by atoms with Crippen molar-refractivity contribution in [1.29, 1.82) is 0 Å². The Morgan fingerprint density at radius 3 is 2.39 bits per heavy atom. The van der Waals surface area contributed by atoms with E-state index in [0.29, 0.717) is 18.7 Å². The van der Waals surface area contributed by atoms with E-state index in [4.69, 9.17) is 5.73 Å². The van der Waals surface area contributed by atoms with Crippen LogP contribution in [0.1, 0.15) is 16.7 Å². The Hall–Kier alpha value is -1.85. The van der Waals surface area contributed by atoms with Gasteiger partial charge in [-0.15, -0.1) is 0 Å². The average molecular weight is 321 g/mol. The summed E-state index contributed by atoms with van der Waals surface area (Å²) < 4.78 is 37.9. The highest BCUT2D eigenvalue weighted by atomic mass is 19.4. The van der Waals surface area contributed by atoms with Gasteiger partial charge in [0.2, 0.25) is 0 Å². The third-order valence-electron chi connectivity index (χ3n) is 3.46. The molecule has 0 fully saturated rings. The number of rotatable bonds is 7. The second kappa shape index (κ2) is 8.13. The number of hydrogen-bond acceptors (Lipinski definition) is 2. The predicted molar refractivity (Wildman–Crippen MR) is 85.6 cm³/mol. The van der Waals surface area contributed by atoms with Crippen LogP contribution in [-0.4, -0.2) is 12.6 Å². The molecule has 2 aromatic rings. The Labute approximate surface area is 134 Å². The van der Waals surface area contributed by atoms with E-state index in [1.165, 1.54) is 6.07 Å². The molecule has 0 aromatic heterocycles. The fourth-order valence-corrected chi connectivity index (χ4v) is 2.28. The highest BCUT2D eigenvalue weighted by molar-refractivity contribution is 5.25. The SMILES string of the molecule is N[C@@H]([CH]CNCc1cccc(C(F)(F)F)c1)Cc1ccccc1. The third kappa shape index (κ3) is 6.04. The molecule has 0 aliphatic rings. The third-order valence-corrected chi connectivity index (χ3v) is 3.46. The first-order valence-corrected chi connectivity index (χ1v) is 7.45. The summed E-state index contributed by atoms with van der Waals surface area (Å²) in [4.78, 5) is 0. The smallest absolute Gasteiger partial charge is 0.327 e. The fraction of sp³-hybridized carbons (Fsp3) is 0.278. The molecule has 1 radical (unpaired) electrons. The Morgan fingerprint density at radius 1 is 1.00 bits per heavy atom. The molecule has 5 heteroatoms. The van der Waals surface area contributed by atoms with E-state index < -0.39 is 11.7 Å². The van der Waals surface area contributed by atoms with Gasteiger partial charge in [-0.2, -0.15) is 13.2 Å². The minimum atomic E-state index is -4.31. The summed E-state index contributed by atoms with van der Waals surface area (Å²) in [7, 11) is 0. The van der Waals surface area contributed by atoms with E-state index in [2.05, 4.69) is 5.32 Å². The predicted octanol–water partition coefficient (Wildman–Crippen LogP) is 3.57. The largest absolute Gasteiger partial charge is 0.416 e. The van der Waals surface area contributed by atoms with Gasteiger partial charge >= 0.3 is 6.18 Å². The van der Waals surface area contributed by atoms with Gasteiger partial charge in [0.25, 0.3) is 0 Å². The summed E-state index contributed by atoms with van der Waals surface area (Å²) in [5.41, 5.74) is 7.16. The van der Waals surface area contributed by atoms with Gasteiger partial charge in [0.1, 0.15) is 0 Å². The van der Waals surface area contributed by atoms with Crippen molar-refractivity contribution in [3.63, 3.8) is 0 Å². The summed E-state index contributed by atoms with van der Waals surface area (Å²) >= 11 is 0. The highest BCUT2D eigenvalue weighted by Crippen LogP contribution is 2.29. The van der Waals surface area contributed by atoms with Gasteiger partial charge < -0.3 is 11.1 Å². The molecule has 2 rings (SSSR count). The lowest BCUT2D eigenvalue weighted by atomic mass is 10.0. The molecular weight excluding hydrogens is 301 g/mol. The Bertz CT molecular complexity index is 597. The van der Waals surface area contributed by atoms with Crippen molar-refractivity contribution in [2.24, 2.45) is 5.73 Å². The molecule has 0 saturated heterocycles. The zero-order valence-corrected chi connectivity index (χ0v) is 12.7. The minimum absolute atomic E-state index is 0.0913. The number of nitrogens with two attached hydrogens (primary N) is 1. The number of halogens is 3. The Kier molecular flexibility index (Phi) is 6.19. The van der Waals surface area contributed by atoms with Crippen molar-refractivity contribution in [2.75, 3.05) is 6.54 Å². The second-order valence-electron chi connectivity index (χ2n) is 5.42. The van der Waals surface area contributed by atoms with Gasteiger partial charge in [0, 0.05) is 19.1 Å². The van der Waals surface area contributed by atoms with Crippen molar-refractivity contribution in [2.45, 2.75) is 25.2 Å². The standard InChI is InChI=1S/C18H20F3N2/c19-18(20,21)16-8-4-7-15(11-16)13-23-10-9-17(22)12-14-5-2-1-3-6-14/h1-9,11,17,23H,10,12-13,22H2/t17-/m0/s1. The minimum Gasteiger partial charge on any atom is -0.327 e. The van der Waals surface area contributed by atoms with Crippen LogP contribution < -0.4 is 11.1 Å². The summed E-state index contributed by atoms with van der Waals surface area (Å²) in [5, 5.41) is 3.09. The topological polar surface area (TPSA) is 38.0 Å². The van der Waals surface area contributed by atoms with Gasteiger partial charge in [-0.1, -0.05) is 48.5 Å². The van der Waals surface area contributed by atoms with Crippen molar-refractivity contribution in [3.05, 3.63) is 77.7 Å². The monoisotopic (exact) mass is 321 g/mol. The van der Waals surface area contributed by atoms with E-state index in [1.54, 1.807) is 6.07 Å². The van der Waals surface area contributed by atoms with Crippen molar-refractivity contribution in [1.82, 2.24) is 5.32 Å². The molecule has 123 valence electrons. The van der Waals surface area contributed by atoms with Crippen molar-refractivity contribution in [3.8, 4) is 0 Å². The molecule has 2 nitrogen and oxygen atoms in total. The lowest BCUT2D eigenvalue weighted by Gasteiger charge is -2.13. The summed E-state index contributed by atoms with van der Waals surface area (Å²) in [6, 6.07) is 15.2. The van der Waals surface area contributed by atoms with Crippen molar-refractivity contribution >= 4 is 0 Å². The second-order valence-corrected chi connectivity index (χ2v) is 5.42. The van der Waals surface area contributed by atoms with Gasteiger partial charge in [-0.3, -0.25) is 0 Å². The zero-order valence-electron chi connectivity index (χ0n) is 12.7. The zero-order chi connectivity index (χ0) is 16.7. The first-order chi connectivity index (χ1) is 10.9. The molecule has 0 heterocycles. The molecule has 0 aliphatic carbocycles. The molecule has 23 heavy (non-hydrogen) atoms. The van der Waals surface area contributed by atoms with E-state index in [-0.39, 0.29) is 6.04 Å². The molecule has 2 aromatic carbocycles. The van der Waals surface area contributed by atoms with Crippen LogP contribution >= 0.6 is 0 Å². The maximum absolute atomic E-state index is 12.6. The van der Waals surface area contributed by atoms with Crippen molar-refractivity contribution < 1.29 is 13.2 Å². The first kappa shape index (κ1) is 17.5. The van der Waals surface area contributed by atoms with E-state index in [0.717, 1.165) is 24.1 Å². The van der Waals surface area contributed by atoms with Crippen LogP contribution in [0, 0.1) is 6.42 Å². The molecule has 0 saturated carbocycles. The van der Waals surface area contributed by atoms with Gasteiger partial charge in [0.05, 0.1) is 5.56 Å². The highest BCUT2D eigenvalue weighted by Gasteiger charge is 2.30. The fourth-order valence-electron chi connectivity index (χ4n) is 2.28. The average Bonchev–Trinajstić information content (AvgIpc) is 2.52. The van der Waals surface area contributed by atoms with Crippen LogP contribution in [0.25, 0.3) is 0 Å². The summed E-state index contributed by atoms with van der Waals surface area (Å²) in [6.45, 7) is 0.919. The molecule has 0 aliphatic heterocycles. The lowest BCUT2D eigenvalue weighted by molar-refractivity contribution is -0.137. The molecule has 0 unspecified atom stereocenters. The summed E-state index contributed by atoms with van der Waals surface area (Å²) in [6.07, 6.45) is -1.63.